The van der Waals surface area contributed by atoms with Gasteiger partial charge in [-0.25, -0.2) is 0 Å². The van der Waals surface area contributed by atoms with Crippen LogP contribution in [0.1, 0.15) is 50.2 Å². The van der Waals surface area contributed by atoms with E-state index in [4.69, 9.17) is 5.26 Å². The highest BCUT2D eigenvalue weighted by molar-refractivity contribution is 5.41. The lowest BCUT2D eigenvalue weighted by Gasteiger charge is -1.93. The molecule has 0 atom stereocenters. The highest BCUT2D eigenvalue weighted by atomic mass is 14.2. The van der Waals surface area contributed by atoms with Crippen molar-refractivity contribution in [2.24, 2.45) is 0 Å². The monoisotopic (exact) mass is 211 g/mol. The first-order chi connectivity index (χ1) is 7.86. The topological polar surface area (TPSA) is 23.8 Å². The van der Waals surface area contributed by atoms with Crippen LogP contribution in [0.5, 0.6) is 0 Å². The van der Waals surface area contributed by atoms with Gasteiger partial charge in [0, 0.05) is 12.0 Å². The molecule has 0 aliphatic carbocycles. The van der Waals surface area contributed by atoms with E-state index < -0.39 is 0 Å². The maximum Gasteiger partial charge on any atom is 0.0992 e. The zero-order valence-electron chi connectivity index (χ0n) is 9.79. The molecule has 1 heteroatoms. The molecular formula is C15H17N. The van der Waals surface area contributed by atoms with Gasteiger partial charge in [0.15, 0.2) is 0 Å². The van der Waals surface area contributed by atoms with Crippen molar-refractivity contribution < 1.29 is 0 Å². The Balaban J connectivity index is 2.41. The Morgan fingerprint density at radius 1 is 1.12 bits per heavy atom. The summed E-state index contributed by atoms with van der Waals surface area (Å²) >= 11 is 0. The average Bonchev–Trinajstić information content (AvgIpc) is 2.34. The first-order valence-electron chi connectivity index (χ1n) is 5.86. The van der Waals surface area contributed by atoms with Crippen LogP contribution in [0.25, 0.3) is 0 Å². The number of rotatable bonds is 4. The minimum atomic E-state index is 0.679. The zero-order chi connectivity index (χ0) is 11.6. The Labute approximate surface area is 98.1 Å². The molecule has 1 aromatic rings. The van der Waals surface area contributed by atoms with Crippen LogP contribution in [-0.2, 0) is 0 Å². The van der Waals surface area contributed by atoms with Crippen LogP contribution in [0.2, 0.25) is 0 Å². The number of hydrogen-bond donors (Lipinski definition) is 0. The molecule has 0 heterocycles. The third-order valence-electron chi connectivity index (χ3n) is 2.38. The highest BCUT2D eigenvalue weighted by Crippen LogP contribution is 2.04. The molecule has 0 spiro atoms. The predicted octanol–water partition coefficient (Wildman–Crippen LogP) is 3.88. The van der Waals surface area contributed by atoms with Crippen molar-refractivity contribution in [1.82, 2.24) is 0 Å². The van der Waals surface area contributed by atoms with E-state index in [-0.39, 0.29) is 0 Å². The minimum absolute atomic E-state index is 0.679. The van der Waals surface area contributed by atoms with E-state index in [1.54, 1.807) is 6.07 Å². The van der Waals surface area contributed by atoms with Crippen molar-refractivity contribution in [1.29, 1.82) is 5.26 Å². The number of nitrogens with zero attached hydrogens (tertiary/aromatic N) is 1. The van der Waals surface area contributed by atoms with Crippen LogP contribution in [-0.4, -0.2) is 0 Å². The van der Waals surface area contributed by atoms with Crippen LogP contribution >= 0.6 is 0 Å². The zero-order valence-corrected chi connectivity index (χ0v) is 9.79. The van der Waals surface area contributed by atoms with Crippen molar-refractivity contribution in [2.45, 2.75) is 39.0 Å². The number of benzene rings is 1. The maximum atomic E-state index is 8.73. The van der Waals surface area contributed by atoms with Gasteiger partial charge in [0.05, 0.1) is 11.6 Å². The molecule has 0 N–H and O–H groups in total. The van der Waals surface area contributed by atoms with E-state index in [9.17, 15) is 0 Å². The third-order valence-corrected chi connectivity index (χ3v) is 2.38. The lowest BCUT2D eigenvalue weighted by atomic mass is 10.1. The van der Waals surface area contributed by atoms with E-state index in [1.165, 1.54) is 25.7 Å². The molecule has 0 saturated carbocycles. The summed E-state index contributed by atoms with van der Waals surface area (Å²) < 4.78 is 0. The van der Waals surface area contributed by atoms with E-state index in [2.05, 4.69) is 24.8 Å². The molecule has 0 aliphatic heterocycles. The molecule has 0 unspecified atom stereocenters. The van der Waals surface area contributed by atoms with Crippen LogP contribution in [0.3, 0.4) is 0 Å². The summed E-state index contributed by atoms with van der Waals surface area (Å²) in [5.74, 6) is 6.25. The molecule has 0 aliphatic rings. The van der Waals surface area contributed by atoms with E-state index in [1.807, 2.05) is 18.2 Å². The van der Waals surface area contributed by atoms with E-state index in [0.717, 1.165) is 12.0 Å². The van der Waals surface area contributed by atoms with E-state index >= 15 is 0 Å². The van der Waals surface area contributed by atoms with Crippen molar-refractivity contribution in [3.63, 3.8) is 0 Å². The smallest absolute Gasteiger partial charge is 0.0992 e. The quantitative estimate of drug-likeness (QED) is 0.547. The second kappa shape index (κ2) is 7.55. The van der Waals surface area contributed by atoms with Gasteiger partial charge in [-0.3, -0.25) is 0 Å². The number of hydrogen-bond acceptors (Lipinski definition) is 1. The fourth-order valence-electron chi connectivity index (χ4n) is 1.47. The SMILES string of the molecule is CCCCCCC#Cc1cccc(C#N)c1. The molecule has 0 bridgehead atoms. The van der Waals surface area contributed by atoms with Crippen LogP contribution in [0.15, 0.2) is 24.3 Å². The van der Waals surface area contributed by atoms with Crippen LogP contribution < -0.4 is 0 Å². The van der Waals surface area contributed by atoms with Crippen LogP contribution in [0, 0.1) is 23.2 Å². The molecule has 1 aromatic carbocycles. The highest BCUT2D eigenvalue weighted by Gasteiger charge is 1.90. The van der Waals surface area contributed by atoms with Gasteiger partial charge in [0.25, 0.3) is 0 Å². The van der Waals surface area contributed by atoms with Gasteiger partial charge in [-0.1, -0.05) is 44.1 Å². The number of unbranched alkanes of at least 4 members (excludes halogenated alkanes) is 4. The van der Waals surface area contributed by atoms with E-state index in [0.29, 0.717) is 5.56 Å². The van der Waals surface area contributed by atoms with Gasteiger partial charge in [-0.2, -0.15) is 5.26 Å². The lowest BCUT2D eigenvalue weighted by Crippen LogP contribution is -1.78. The molecule has 16 heavy (non-hydrogen) atoms. The Morgan fingerprint density at radius 2 is 1.94 bits per heavy atom. The molecule has 82 valence electrons. The second-order valence-corrected chi connectivity index (χ2v) is 3.81. The molecule has 0 fully saturated rings. The lowest BCUT2D eigenvalue weighted by molar-refractivity contribution is 0.679. The molecule has 0 amide bonds. The molecular weight excluding hydrogens is 194 g/mol. The molecule has 1 nitrogen and oxygen atoms in total. The molecule has 0 saturated heterocycles. The van der Waals surface area contributed by atoms with Gasteiger partial charge in [0.1, 0.15) is 0 Å². The molecule has 0 aromatic heterocycles. The van der Waals surface area contributed by atoms with Crippen molar-refractivity contribution in [3.05, 3.63) is 35.4 Å². The first-order valence-corrected chi connectivity index (χ1v) is 5.86. The summed E-state index contributed by atoms with van der Waals surface area (Å²) in [6, 6.07) is 9.57. The molecule has 1 rings (SSSR count). The predicted molar refractivity (Wildman–Crippen MR) is 66.8 cm³/mol. The van der Waals surface area contributed by atoms with Gasteiger partial charge in [-0.15, -0.1) is 0 Å². The first kappa shape index (κ1) is 12.3. The Morgan fingerprint density at radius 3 is 2.69 bits per heavy atom. The fraction of sp³-hybridized carbons (Fsp3) is 0.400. The van der Waals surface area contributed by atoms with Crippen LogP contribution in [0.4, 0.5) is 0 Å². The Hall–Kier alpha value is -1.73. The minimum Gasteiger partial charge on any atom is -0.192 e. The second-order valence-electron chi connectivity index (χ2n) is 3.81. The van der Waals surface area contributed by atoms with Gasteiger partial charge in [-0.05, 0) is 24.6 Å². The number of nitriles is 1. The van der Waals surface area contributed by atoms with Gasteiger partial charge < -0.3 is 0 Å². The third kappa shape index (κ3) is 4.67. The summed E-state index contributed by atoms with van der Waals surface area (Å²) in [5.41, 5.74) is 1.62. The summed E-state index contributed by atoms with van der Waals surface area (Å²) in [5, 5.41) is 8.73. The summed E-state index contributed by atoms with van der Waals surface area (Å²) in [4.78, 5) is 0. The summed E-state index contributed by atoms with van der Waals surface area (Å²) in [7, 11) is 0. The van der Waals surface area contributed by atoms with Gasteiger partial charge >= 0.3 is 0 Å². The standard InChI is InChI=1S/C15H17N/c1-2-3-4-5-6-7-9-14-10-8-11-15(12-14)13-16/h8,10-12H,2-6H2,1H3. The maximum absolute atomic E-state index is 8.73. The average molecular weight is 211 g/mol. The normalized spacial score (nSPS) is 9.00. The largest absolute Gasteiger partial charge is 0.192 e. The van der Waals surface area contributed by atoms with Crippen molar-refractivity contribution in [3.8, 4) is 17.9 Å². The fourth-order valence-corrected chi connectivity index (χ4v) is 1.47. The molecule has 0 radical (unpaired) electrons. The summed E-state index contributed by atoms with van der Waals surface area (Å²) in [6.07, 6.45) is 5.96. The Kier molecular flexibility index (Phi) is 5.82. The Bertz CT molecular complexity index is 415. The summed E-state index contributed by atoms with van der Waals surface area (Å²) in [6.45, 7) is 2.21. The van der Waals surface area contributed by atoms with Gasteiger partial charge in [0.2, 0.25) is 0 Å². The van der Waals surface area contributed by atoms with Crippen molar-refractivity contribution in [2.75, 3.05) is 0 Å². The van der Waals surface area contributed by atoms with Crippen molar-refractivity contribution >= 4 is 0 Å².